The Morgan fingerprint density at radius 1 is 1.04 bits per heavy atom. The van der Waals surface area contributed by atoms with Gasteiger partial charge in [-0.05, 0) is 37.1 Å². The maximum Gasteiger partial charge on any atom is 0.262 e. The highest BCUT2D eigenvalue weighted by Gasteiger charge is 2.15. The van der Waals surface area contributed by atoms with Crippen LogP contribution in [0, 0.1) is 11.3 Å². The predicted molar refractivity (Wildman–Crippen MR) is 102 cm³/mol. The molecule has 1 N–H and O–H groups in total. The summed E-state index contributed by atoms with van der Waals surface area (Å²) in [6, 6.07) is 16.9. The molecule has 5 nitrogen and oxygen atoms in total. The minimum Gasteiger partial charge on any atom is -0.482 e. The molecule has 0 spiro atoms. The first-order chi connectivity index (χ1) is 12.8. The summed E-state index contributed by atoms with van der Waals surface area (Å²) < 4.78 is 5.52. The zero-order valence-corrected chi connectivity index (χ0v) is 14.8. The number of hydrogen-bond acceptors (Lipinski definition) is 4. The Hall–Kier alpha value is -3.00. The van der Waals surface area contributed by atoms with Crippen molar-refractivity contribution in [3.8, 4) is 11.8 Å². The van der Waals surface area contributed by atoms with E-state index in [0.717, 1.165) is 24.5 Å². The highest BCUT2D eigenvalue weighted by molar-refractivity contribution is 5.95. The molecule has 1 aliphatic heterocycles. The number of para-hydroxylation sites is 3. The van der Waals surface area contributed by atoms with Crippen molar-refractivity contribution in [1.29, 1.82) is 5.26 Å². The molecule has 0 bridgehead atoms. The van der Waals surface area contributed by atoms with Crippen molar-refractivity contribution in [2.24, 2.45) is 0 Å². The fourth-order valence-electron chi connectivity index (χ4n) is 3.18. The number of hydrogen-bond donors (Lipinski definition) is 1. The molecular weight excluding hydrogens is 326 g/mol. The molecule has 2 aromatic rings. The van der Waals surface area contributed by atoms with Crippen molar-refractivity contribution >= 4 is 17.3 Å². The van der Waals surface area contributed by atoms with Crippen LogP contribution in [-0.2, 0) is 4.79 Å². The van der Waals surface area contributed by atoms with Gasteiger partial charge in [0.15, 0.2) is 6.61 Å². The molecule has 0 saturated carbocycles. The third kappa shape index (κ3) is 4.54. The van der Waals surface area contributed by atoms with Gasteiger partial charge in [0.05, 0.1) is 16.9 Å². The lowest BCUT2D eigenvalue weighted by Gasteiger charge is -2.25. The molecule has 1 aliphatic rings. The van der Waals surface area contributed by atoms with E-state index in [0.29, 0.717) is 11.3 Å². The van der Waals surface area contributed by atoms with E-state index in [1.165, 1.54) is 25.7 Å². The van der Waals surface area contributed by atoms with Crippen molar-refractivity contribution in [2.75, 3.05) is 29.9 Å². The summed E-state index contributed by atoms with van der Waals surface area (Å²) in [4.78, 5) is 14.7. The predicted octanol–water partition coefficient (Wildman–Crippen LogP) is 3.96. The van der Waals surface area contributed by atoms with Crippen LogP contribution < -0.4 is 15.0 Å². The number of amides is 1. The Morgan fingerprint density at radius 3 is 2.50 bits per heavy atom. The quantitative estimate of drug-likeness (QED) is 0.887. The molecule has 1 heterocycles. The molecule has 0 aromatic heterocycles. The summed E-state index contributed by atoms with van der Waals surface area (Å²) in [6.07, 6.45) is 4.88. The average molecular weight is 349 g/mol. The number of carbonyl (C=O) groups excluding carboxylic acids is 1. The second-order valence-corrected chi connectivity index (χ2v) is 6.36. The Bertz CT molecular complexity index is 790. The van der Waals surface area contributed by atoms with Crippen LogP contribution in [0.3, 0.4) is 0 Å². The molecule has 2 aromatic carbocycles. The van der Waals surface area contributed by atoms with Gasteiger partial charge in [0, 0.05) is 13.1 Å². The van der Waals surface area contributed by atoms with Crippen LogP contribution in [0.2, 0.25) is 0 Å². The first-order valence-electron chi connectivity index (χ1n) is 9.03. The van der Waals surface area contributed by atoms with E-state index in [1.807, 2.05) is 24.3 Å². The molecule has 26 heavy (non-hydrogen) atoms. The molecule has 0 atom stereocenters. The number of rotatable bonds is 5. The lowest BCUT2D eigenvalue weighted by atomic mass is 10.2. The minimum atomic E-state index is -0.236. The van der Waals surface area contributed by atoms with Crippen LogP contribution >= 0.6 is 0 Å². The largest absolute Gasteiger partial charge is 0.482 e. The Kier molecular flexibility index (Phi) is 6.10. The second kappa shape index (κ2) is 8.91. The molecule has 5 heteroatoms. The third-order valence-corrected chi connectivity index (χ3v) is 4.49. The smallest absolute Gasteiger partial charge is 0.262 e. The number of nitrogens with zero attached hydrogens (tertiary/aromatic N) is 2. The molecular formula is C21H23N3O2. The monoisotopic (exact) mass is 349 g/mol. The van der Waals surface area contributed by atoms with Crippen molar-refractivity contribution in [1.82, 2.24) is 0 Å². The SMILES string of the molecule is N#Cc1ccccc1OCC(=O)Nc1ccccc1N1CCCCCC1. The Balaban J connectivity index is 1.65. The van der Waals surface area contributed by atoms with E-state index >= 15 is 0 Å². The zero-order chi connectivity index (χ0) is 18.2. The highest BCUT2D eigenvalue weighted by atomic mass is 16.5. The van der Waals surface area contributed by atoms with Gasteiger partial charge in [-0.15, -0.1) is 0 Å². The van der Waals surface area contributed by atoms with Crippen molar-refractivity contribution < 1.29 is 9.53 Å². The van der Waals surface area contributed by atoms with Gasteiger partial charge in [-0.1, -0.05) is 37.1 Å². The Morgan fingerprint density at radius 2 is 1.73 bits per heavy atom. The number of nitriles is 1. The van der Waals surface area contributed by atoms with Gasteiger partial charge < -0.3 is 15.0 Å². The molecule has 0 aliphatic carbocycles. The summed E-state index contributed by atoms with van der Waals surface area (Å²) in [5.41, 5.74) is 2.28. The summed E-state index contributed by atoms with van der Waals surface area (Å²) in [6.45, 7) is 1.89. The van der Waals surface area contributed by atoms with E-state index in [9.17, 15) is 4.79 Å². The standard InChI is InChI=1S/C21H23N3O2/c22-15-17-9-3-6-12-20(17)26-16-21(25)23-18-10-4-5-11-19(18)24-13-7-1-2-8-14-24/h3-6,9-12H,1-2,7-8,13-14,16H2,(H,23,25). The number of benzene rings is 2. The number of ether oxygens (including phenoxy) is 1. The summed E-state index contributed by atoms with van der Waals surface area (Å²) in [5.74, 6) is 0.186. The normalized spacial score (nSPS) is 14.2. The van der Waals surface area contributed by atoms with Gasteiger partial charge in [0.1, 0.15) is 11.8 Å². The van der Waals surface area contributed by atoms with E-state index in [1.54, 1.807) is 24.3 Å². The maximum absolute atomic E-state index is 12.4. The highest BCUT2D eigenvalue weighted by Crippen LogP contribution is 2.28. The van der Waals surface area contributed by atoms with Crippen LogP contribution in [0.5, 0.6) is 5.75 Å². The van der Waals surface area contributed by atoms with Crippen LogP contribution in [-0.4, -0.2) is 25.6 Å². The molecule has 1 saturated heterocycles. The average Bonchev–Trinajstić information content (AvgIpc) is 2.96. The minimum absolute atomic E-state index is 0.132. The zero-order valence-electron chi connectivity index (χ0n) is 14.8. The summed E-state index contributed by atoms with van der Waals surface area (Å²) in [7, 11) is 0. The Labute approximate surface area is 154 Å². The number of carbonyl (C=O) groups is 1. The van der Waals surface area contributed by atoms with Gasteiger partial charge in [0.2, 0.25) is 0 Å². The molecule has 1 amide bonds. The molecule has 0 radical (unpaired) electrons. The number of nitrogens with one attached hydrogen (secondary N) is 1. The van der Waals surface area contributed by atoms with Gasteiger partial charge in [0.25, 0.3) is 5.91 Å². The molecule has 1 fully saturated rings. The second-order valence-electron chi connectivity index (χ2n) is 6.36. The third-order valence-electron chi connectivity index (χ3n) is 4.49. The van der Waals surface area contributed by atoms with Crippen LogP contribution in [0.4, 0.5) is 11.4 Å². The fraction of sp³-hybridized carbons (Fsp3) is 0.333. The molecule has 0 unspecified atom stereocenters. The first-order valence-corrected chi connectivity index (χ1v) is 9.03. The lowest BCUT2D eigenvalue weighted by Crippen LogP contribution is -2.27. The van der Waals surface area contributed by atoms with Crippen LogP contribution in [0.15, 0.2) is 48.5 Å². The van der Waals surface area contributed by atoms with Crippen molar-refractivity contribution in [3.63, 3.8) is 0 Å². The van der Waals surface area contributed by atoms with Crippen LogP contribution in [0.1, 0.15) is 31.2 Å². The van der Waals surface area contributed by atoms with Gasteiger partial charge in [-0.25, -0.2) is 0 Å². The topological polar surface area (TPSA) is 65.4 Å². The lowest BCUT2D eigenvalue weighted by molar-refractivity contribution is -0.118. The summed E-state index contributed by atoms with van der Waals surface area (Å²) in [5, 5.41) is 12.0. The summed E-state index contributed by atoms with van der Waals surface area (Å²) >= 11 is 0. The molecule has 3 rings (SSSR count). The van der Waals surface area contributed by atoms with Crippen molar-refractivity contribution in [2.45, 2.75) is 25.7 Å². The van der Waals surface area contributed by atoms with E-state index in [4.69, 9.17) is 10.00 Å². The molecule has 134 valence electrons. The maximum atomic E-state index is 12.4. The van der Waals surface area contributed by atoms with E-state index in [-0.39, 0.29) is 12.5 Å². The van der Waals surface area contributed by atoms with Gasteiger partial charge in [-0.2, -0.15) is 5.26 Å². The number of anilines is 2. The van der Waals surface area contributed by atoms with Crippen molar-refractivity contribution in [3.05, 3.63) is 54.1 Å². The van der Waals surface area contributed by atoms with Gasteiger partial charge in [-0.3, -0.25) is 4.79 Å². The fourth-order valence-corrected chi connectivity index (χ4v) is 3.18. The van der Waals surface area contributed by atoms with Crippen LogP contribution in [0.25, 0.3) is 0 Å². The van der Waals surface area contributed by atoms with E-state index in [2.05, 4.69) is 16.3 Å². The first kappa shape index (κ1) is 17.8. The van der Waals surface area contributed by atoms with Gasteiger partial charge >= 0.3 is 0 Å². The van der Waals surface area contributed by atoms with E-state index < -0.39 is 0 Å².